The number of para-hydroxylation sites is 1. The zero-order valence-electron chi connectivity index (χ0n) is 18.4. The molecule has 31 heavy (non-hydrogen) atoms. The fraction of sp³-hybridized carbons (Fsp3) is 0.440. The van der Waals surface area contributed by atoms with Crippen molar-refractivity contribution in [2.24, 2.45) is 16.6 Å². The van der Waals surface area contributed by atoms with E-state index in [9.17, 15) is 4.79 Å². The fourth-order valence-electron chi connectivity index (χ4n) is 4.78. The average molecular weight is 420 g/mol. The molecule has 2 aromatic rings. The van der Waals surface area contributed by atoms with Crippen LogP contribution in [0.25, 0.3) is 0 Å². The summed E-state index contributed by atoms with van der Waals surface area (Å²) in [5.41, 5.74) is 10.8. The summed E-state index contributed by atoms with van der Waals surface area (Å²) in [6.45, 7) is 4.56. The van der Waals surface area contributed by atoms with Crippen molar-refractivity contribution in [1.29, 1.82) is 0 Å². The number of aliphatic imine (C=N–C) groups is 1. The SMILES string of the molecule is CN=C(NCc1ccc(CN2CCc3ccccc32)cc1)N1CCCC(CC(N)=O)C1. The first-order valence-electron chi connectivity index (χ1n) is 11.3. The number of hydrogen-bond acceptors (Lipinski definition) is 3. The van der Waals surface area contributed by atoms with Gasteiger partial charge in [0.2, 0.25) is 5.91 Å². The minimum atomic E-state index is -0.215. The quantitative estimate of drug-likeness (QED) is 0.558. The number of nitrogens with one attached hydrogen (secondary N) is 1. The molecule has 4 rings (SSSR count). The van der Waals surface area contributed by atoms with E-state index < -0.39 is 0 Å². The van der Waals surface area contributed by atoms with Gasteiger partial charge in [0.15, 0.2) is 5.96 Å². The first-order valence-corrected chi connectivity index (χ1v) is 11.3. The molecule has 0 aromatic heterocycles. The highest BCUT2D eigenvalue weighted by atomic mass is 16.1. The third-order valence-electron chi connectivity index (χ3n) is 6.35. The Morgan fingerprint density at radius 1 is 1.13 bits per heavy atom. The third-order valence-corrected chi connectivity index (χ3v) is 6.35. The molecule has 1 amide bonds. The molecule has 2 heterocycles. The predicted molar refractivity (Wildman–Crippen MR) is 126 cm³/mol. The zero-order valence-corrected chi connectivity index (χ0v) is 18.4. The summed E-state index contributed by atoms with van der Waals surface area (Å²) in [4.78, 5) is 20.4. The molecule has 1 atom stereocenters. The Labute approximate surface area is 185 Å². The van der Waals surface area contributed by atoms with Crippen molar-refractivity contribution >= 4 is 17.6 Å². The van der Waals surface area contributed by atoms with Crippen LogP contribution in [-0.4, -0.2) is 43.4 Å². The van der Waals surface area contributed by atoms with E-state index in [4.69, 9.17) is 5.73 Å². The summed E-state index contributed by atoms with van der Waals surface area (Å²) in [5.74, 6) is 0.999. The van der Waals surface area contributed by atoms with E-state index in [1.807, 2.05) is 7.05 Å². The molecule has 0 bridgehead atoms. The Bertz CT molecular complexity index is 924. The Kier molecular flexibility index (Phi) is 6.75. The van der Waals surface area contributed by atoms with Crippen molar-refractivity contribution in [1.82, 2.24) is 10.2 Å². The van der Waals surface area contributed by atoms with E-state index in [2.05, 4.69) is 68.6 Å². The number of carbonyl (C=O) groups excluding carboxylic acids is 1. The van der Waals surface area contributed by atoms with Crippen LogP contribution < -0.4 is 16.0 Å². The Morgan fingerprint density at radius 3 is 2.68 bits per heavy atom. The molecule has 0 radical (unpaired) electrons. The molecule has 3 N–H and O–H groups in total. The molecule has 2 aliphatic rings. The van der Waals surface area contributed by atoms with Crippen LogP contribution in [0.4, 0.5) is 5.69 Å². The summed E-state index contributed by atoms with van der Waals surface area (Å²) < 4.78 is 0. The molecule has 6 heteroatoms. The van der Waals surface area contributed by atoms with Crippen molar-refractivity contribution in [3.8, 4) is 0 Å². The lowest BCUT2D eigenvalue weighted by Gasteiger charge is -2.34. The lowest BCUT2D eigenvalue weighted by molar-refractivity contribution is -0.119. The highest BCUT2D eigenvalue weighted by Gasteiger charge is 2.23. The van der Waals surface area contributed by atoms with Gasteiger partial charge in [0.1, 0.15) is 0 Å². The number of guanidine groups is 1. The molecule has 6 nitrogen and oxygen atoms in total. The van der Waals surface area contributed by atoms with Crippen molar-refractivity contribution in [2.75, 3.05) is 31.6 Å². The minimum absolute atomic E-state index is 0.215. The summed E-state index contributed by atoms with van der Waals surface area (Å²) in [7, 11) is 1.82. The van der Waals surface area contributed by atoms with Crippen LogP contribution in [0.5, 0.6) is 0 Å². The summed E-state index contributed by atoms with van der Waals surface area (Å²) in [6.07, 6.45) is 3.71. The molecule has 1 saturated heterocycles. The van der Waals surface area contributed by atoms with E-state index in [0.717, 1.165) is 57.9 Å². The summed E-state index contributed by atoms with van der Waals surface area (Å²) in [5, 5.41) is 3.48. The average Bonchev–Trinajstić information content (AvgIpc) is 3.18. The van der Waals surface area contributed by atoms with Crippen molar-refractivity contribution < 1.29 is 4.79 Å². The number of likely N-dealkylation sites (tertiary alicyclic amines) is 1. The van der Waals surface area contributed by atoms with Crippen LogP contribution >= 0.6 is 0 Å². The number of amides is 1. The smallest absolute Gasteiger partial charge is 0.217 e. The van der Waals surface area contributed by atoms with E-state index in [1.165, 1.54) is 22.4 Å². The maximum Gasteiger partial charge on any atom is 0.217 e. The van der Waals surface area contributed by atoms with Gasteiger partial charge in [-0.2, -0.15) is 0 Å². The highest BCUT2D eigenvalue weighted by Crippen LogP contribution is 2.28. The fourth-order valence-corrected chi connectivity index (χ4v) is 4.78. The van der Waals surface area contributed by atoms with Gasteiger partial charge >= 0.3 is 0 Å². The largest absolute Gasteiger partial charge is 0.370 e. The topological polar surface area (TPSA) is 74.0 Å². The van der Waals surface area contributed by atoms with E-state index >= 15 is 0 Å². The predicted octanol–water partition coefficient (Wildman–Crippen LogP) is 2.91. The summed E-state index contributed by atoms with van der Waals surface area (Å²) in [6, 6.07) is 17.6. The normalized spacial score (nSPS) is 18.7. The second kappa shape index (κ2) is 9.86. The van der Waals surface area contributed by atoms with E-state index in [-0.39, 0.29) is 5.91 Å². The van der Waals surface area contributed by atoms with Gasteiger partial charge in [0, 0.05) is 51.9 Å². The number of carbonyl (C=O) groups is 1. The van der Waals surface area contributed by atoms with Crippen LogP contribution in [0, 0.1) is 5.92 Å². The Balaban J connectivity index is 1.30. The van der Waals surface area contributed by atoms with E-state index in [1.54, 1.807) is 0 Å². The zero-order chi connectivity index (χ0) is 21.6. The van der Waals surface area contributed by atoms with Gasteiger partial charge in [-0.05, 0) is 47.9 Å². The van der Waals surface area contributed by atoms with Crippen molar-refractivity contribution in [3.05, 3.63) is 65.2 Å². The molecular weight excluding hydrogens is 386 g/mol. The number of hydrogen-bond donors (Lipinski definition) is 2. The molecule has 1 unspecified atom stereocenters. The van der Waals surface area contributed by atoms with Gasteiger partial charge in [0.05, 0.1) is 0 Å². The maximum atomic E-state index is 11.3. The van der Waals surface area contributed by atoms with Gasteiger partial charge in [-0.1, -0.05) is 42.5 Å². The minimum Gasteiger partial charge on any atom is -0.370 e. The summed E-state index contributed by atoms with van der Waals surface area (Å²) >= 11 is 0. The van der Waals surface area contributed by atoms with Crippen molar-refractivity contribution in [2.45, 2.75) is 38.8 Å². The molecule has 0 spiro atoms. The van der Waals surface area contributed by atoms with Crippen molar-refractivity contribution in [3.63, 3.8) is 0 Å². The number of nitrogens with two attached hydrogens (primary N) is 1. The van der Waals surface area contributed by atoms with Gasteiger partial charge in [-0.15, -0.1) is 0 Å². The second-order valence-electron chi connectivity index (χ2n) is 8.64. The number of fused-ring (bicyclic) bond motifs is 1. The number of nitrogens with zero attached hydrogens (tertiary/aromatic N) is 3. The van der Waals surface area contributed by atoms with Gasteiger partial charge in [-0.3, -0.25) is 9.79 Å². The van der Waals surface area contributed by atoms with Crippen LogP contribution in [0.2, 0.25) is 0 Å². The molecule has 0 saturated carbocycles. The molecular formula is C25H33N5O. The number of piperidine rings is 1. The lowest BCUT2D eigenvalue weighted by atomic mass is 9.95. The molecule has 2 aliphatic heterocycles. The number of anilines is 1. The molecule has 0 aliphatic carbocycles. The van der Waals surface area contributed by atoms with E-state index in [0.29, 0.717) is 12.3 Å². The number of benzene rings is 2. The van der Waals surface area contributed by atoms with Crippen LogP contribution in [0.3, 0.4) is 0 Å². The van der Waals surface area contributed by atoms with Gasteiger partial charge in [0.25, 0.3) is 0 Å². The second-order valence-corrected chi connectivity index (χ2v) is 8.64. The maximum absolute atomic E-state index is 11.3. The lowest BCUT2D eigenvalue weighted by Crippen LogP contribution is -2.46. The molecule has 1 fully saturated rings. The van der Waals surface area contributed by atoms with Crippen LogP contribution in [0.15, 0.2) is 53.5 Å². The molecule has 2 aromatic carbocycles. The highest BCUT2D eigenvalue weighted by molar-refractivity contribution is 5.80. The number of primary amides is 1. The first kappa shape index (κ1) is 21.2. The first-order chi connectivity index (χ1) is 15.1. The van der Waals surface area contributed by atoms with Gasteiger partial charge < -0.3 is 20.9 Å². The monoisotopic (exact) mass is 419 g/mol. The third kappa shape index (κ3) is 5.37. The molecule has 164 valence electrons. The van der Waals surface area contributed by atoms with Gasteiger partial charge in [-0.25, -0.2) is 0 Å². The Hall–Kier alpha value is -3.02. The standard InChI is InChI=1S/C25H33N5O/c1-27-25(30-13-4-5-21(18-30)15-24(26)31)28-16-19-8-10-20(11-9-19)17-29-14-12-22-6-2-3-7-23(22)29/h2-3,6-11,21H,4-5,12-18H2,1H3,(H2,26,31)(H,27,28). The Morgan fingerprint density at radius 2 is 1.90 bits per heavy atom. The van der Waals surface area contributed by atoms with Crippen LogP contribution in [0.1, 0.15) is 36.0 Å². The number of rotatable bonds is 6. The van der Waals surface area contributed by atoms with Crippen LogP contribution in [-0.2, 0) is 24.3 Å².